The van der Waals surface area contributed by atoms with Gasteiger partial charge in [-0.15, -0.1) is 0 Å². The molecule has 0 bridgehead atoms. The van der Waals surface area contributed by atoms with Gasteiger partial charge in [0.05, 0.1) is 22.9 Å². The van der Waals surface area contributed by atoms with Crippen LogP contribution in [-0.2, 0) is 4.79 Å². The Morgan fingerprint density at radius 1 is 1.46 bits per heavy atom. The number of H-pyrrole nitrogens is 1. The number of para-hydroxylation sites is 1. The Morgan fingerprint density at radius 3 is 3.12 bits per heavy atom. The standard InChI is InChI=1S/C15H12ClN5O2S/c16-10-3-1-2-4-11(10)18-12(22)5-8-7-24-15-19-13-9(6-17-20-13)14(23)21(8)15/h1-4,6,8H,5,7H2,(H,17,20)(H,18,22). The maximum absolute atomic E-state index is 12.6. The van der Waals surface area contributed by atoms with Gasteiger partial charge in [0.15, 0.2) is 10.8 Å². The number of rotatable bonds is 3. The summed E-state index contributed by atoms with van der Waals surface area (Å²) in [6.07, 6.45) is 1.64. The maximum Gasteiger partial charge on any atom is 0.265 e. The molecule has 122 valence electrons. The van der Waals surface area contributed by atoms with Gasteiger partial charge in [0, 0.05) is 12.2 Å². The van der Waals surface area contributed by atoms with Crippen molar-refractivity contribution in [3.8, 4) is 0 Å². The number of benzene rings is 1. The minimum atomic E-state index is -0.244. The fraction of sp³-hybridized carbons (Fsp3) is 0.200. The largest absolute Gasteiger partial charge is 0.325 e. The van der Waals surface area contributed by atoms with E-state index in [0.29, 0.717) is 32.7 Å². The molecule has 0 spiro atoms. The summed E-state index contributed by atoms with van der Waals surface area (Å²) in [5.41, 5.74) is 0.856. The molecule has 24 heavy (non-hydrogen) atoms. The molecule has 0 saturated heterocycles. The van der Waals surface area contributed by atoms with Crippen LogP contribution in [-0.4, -0.2) is 31.4 Å². The summed E-state index contributed by atoms with van der Waals surface area (Å²) in [5.74, 6) is 0.429. The molecule has 1 aliphatic heterocycles. The van der Waals surface area contributed by atoms with Crippen LogP contribution in [0.15, 0.2) is 40.4 Å². The molecule has 2 aromatic heterocycles. The second-order valence-electron chi connectivity index (χ2n) is 5.40. The van der Waals surface area contributed by atoms with E-state index in [1.165, 1.54) is 18.0 Å². The number of thioether (sulfide) groups is 1. The van der Waals surface area contributed by atoms with Crippen molar-refractivity contribution < 1.29 is 4.79 Å². The molecule has 0 fully saturated rings. The smallest absolute Gasteiger partial charge is 0.265 e. The second kappa shape index (κ2) is 5.95. The van der Waals surface area contributed by atoms with Crippen molar-refractivity contribution in [2.75, 3.05) is 11.1 Å². The normalized spacial score (nSPS) is 16.3. The Hall–Kier alpha value is -2.32. The van der Waals surface area contributed by atoms with E-state index in [2.05, 4.69) is 20.5 Å². The van der Waals surface area contributed by atoms with Crippen molar-refractivity contribution in [3.63, 3.8) is 0 Å². The van der Waals surface area contributed by atoms with Crippen molar-refractivity contribution in [1.82, 2.24) is 19.7 Å². The monoisotopic (exact) mass is 361 g/mol. The van der Waals surface area contributed by atoms with Gasteiger partial charge in [-0.05, 0) is 12.1 Å². The number of carbonyl (C=O) groups excluding carboxylic acids is 1. The van der Waals surface area contributed by atoms with Gasteiger partial charge in [0.1, 0.15) is 5.39 Å². The number of fused-ring (bicyclic) bond motifs is 2. The van der Waals surface area contributed by atoms with Crippen molar-refractivity contribution in [3.05, 3.63) is 45.8 Å². The summed E-state index contributed by atoms with van der Waals surface area (Å²) in [5, 5.41) is 10.8. The predicted octanol–water partition coefficient (Wildman–Crippen LogP) is 2.45. The molecule has 7 nitrogen and oxygen atoms in total. The lowest BCUT2D eigenvalue weighted by Gasteiger charge is -2.13. The average Bonchev–Trinajstić information content (AvgIpc) is 3.17. The summed E-state index contributed by atoms with van der Waals surface area (Å²) in [4.78, 5) is 29.3. The van der Waals surface area contributed by atoms with Crippen molar-refractivity contribution in [2.24, 2.45) is 0 Å². The first-order chi connectivity index (χ1) is 11.6. The van der Waals surface area contributed by atoms with Crippen molar-refractivity contribution in [2.45, 2.75) is 17.6 Å². The number of halogens is 1. The van der Waals surface area contributed by atoms with E-state index >= 15 is 0 Å². The number of carbonyl (C=O) groups is 1. The highest BCUT2D eigenvalue weighted by Crippen LogP contribution is 2.33. The number of hydrogen-bond acceptors (Lipinski definition) is 5. The average molecular weight is 362 g/mol. The van der Waals surface area contributed by atoms with E-state index in [0.717, 1.165) is 0 Å². The van der Waals surface area contributed by atoms with Crippen molar-refractivity contribution >= 4 is 46.0 Å². The lowest BCUT2D eigenvalue weighted by Crippen LogP contribution is -2.27. The van der Waals surface area contributed by atoms with Gasteiger partial charge in [-0.1, -0.05) is 35.5 Å². The van der Waals surface area contributed by atoms with Crippen LogP contribution in [0.3, 0.4) is 0 Å². The molecule has 4 rings (SSSR count). The number of anilines is 1. The van der Waals surface area contributed by atoms with Crippen LogP contribution < -0.4 is 10.9 Å². The lowest BCUT2D eigenvalue weighted by molar-refractivity contribution is -0.116. The Morgan fingerprint density at radius 2 is 2.29 bits per heavy atom. The quantitative estimate of drug-likeness (QED) is 0.699. The first-order valence-corrected chi connectivity index (χ1v) is 8.62. The number of aromatic amines is 1. The van der Waals surface area contributed by atoms with E-state index in [9.17, 15) is 9.59 Å². The molecule has 0 saturated carbocycles. The number of nitrogens with zero attached hydrogens (tertiary/aromatic N) is 3. The van der Waals surface area contributed by atoms with Gasteiger partial charge in [-0.3, -0.25) is 19.3 Å². The van der Waals surface area contributed by atoms with Gasteiger partial charge in [-0.2, -0.15) is 5.10 Å². The fourth-order valence-electron chi connectivity index (χ4n) is 2.68. The highest BCUT2D eigenvalue weighted by molar-refractivity contribution is 7.99. The van der Waals surface area contributed by atoms with E-state index in [4.69, 9.17) is 11.6 Å². The molecule has 1 aliphatic rings. The molecular formula is C15H12ClN5O2S. The van der Waals surface area contributed by atoms with Gasteiger partial charge < -0.3 is 5.32 Å². The Bertz CT molecular complexity index is 999. The summed E-state index contributed by atoms with van der Waals surface area (Å²) in [7, 11) is 0. The van der Waals surface area contributed by atoms with Crippen LogP contribution in [0.2, 0.25) is 5.02 Å². The highest BCUT2D eigenvalue weighted by atomic mass is 35.5. The predicted molar refractivity (Wildman–Crippen MR) is 92.6 cm³/mol. The van der Waals surface area contributed by atoms with E-state index in [1.807, 2.05) is 0 Å². The topological polar surface area (TPSA) is 92.7 Å². The Labute approximate surface area is 145 Å². The van der Waals surface area contributed by atoms with Gasteiger partial charge >= 0.3 is 0 Å². The van der Waals surface area contributed by atoms with E-state index in [-0.39, 0.29) is 23.9 Å². The first-order valence-electron chi connectivity index (χ1n) is 7.26. The van der Waals surface area contributed by atoms with Crippen LogP contribution in [0, 0.1) is 0 Å². The zero-order valence-electron chi connectivity index (χ0n) is 12.3. The van der Waals surface area contributed by atoms with E-state index in [1.54, 1.807) is 28.8 Å². The third-order valence-electron chi connectivity index (χ3n) is 3.82. The van der Waals surface area contributed by atoms with Gasteiger partial charge in [-0.25, -0.2) is 4.98 Å². The maximum atomic E-state index is 12.6. The van der Waals surface area contributed by atoms with Gasteiger partial charge in [0.2, 0.25) is 5.91 Å². The van der Waals surface area contributed by atoms with Crippen LogP contribution in [0.1, 0.15) is 12.5 Å². The van der Waals surface area contributed by atoms with Crippen LogP contribution >= 0.6 is 23.4 Å². The third-order valence-corrected chi connectivity index (χ3v) is 5.25. The zero-order valence-corrected chi connectivity index (χ0v) is 13.9. The number of hydrogen-bond donors (Lipinski definition) is 2. The number of amides is 1. The summed E-state index contributed by atoms with van der Waals surface area (Å²) >= 11 is 7.51. The lowest BCUT2D eigenvalue weighted by atomic mass is 10.2. The first kappa shape index (κ1) is 15.2. The minimum absolute atomic E-state index is 0.177. The fourth-order valence-corrected chi connectivity index (χ4v) is 4.00. The molecule has 1 unspecified atom stereocenters. The SMILES string of the molecule is O=C(CC1CSc2nc3[nH]ncc3c(=O)n21)Nc1ccccc1Cl. The Balaban J connectivity index is 1.59. The molecule has 1 aromatic carbocycles. The Kier molecular flexibility index (Phi) is 3.78. The molecule has 9 heteroatoms. The third kappa shape index (κ3) is 2.57. The highest BCUT2D eigenvalue weighted by Gasteiger charge is 2.29. The van der Waals surface area contributed by atoms with Gasteiger partial charge in [0.25, 0.3) is 5.56 Å². The van der Waals surface area contributed by atoms with E-state index < -0.39 is 0 Å². The molecule has 0 aliphatic carbocycles. The zero-order chi connectivity index (χ0) is 16.7. The molecular weight excluding hydrogens is 350 g/mol. The van der Waals surface area contributed by atoms with Crippen molar-refractivity contribution in [1.29, 1.82) is 0 Å². The van der Waals surface area contributed by atoms with Crippen LogP contribution in [0.25, 0.3) is 11.0 Å². The van der Waals surface area contributed by atoms with Crippen LogP contribution in [0.4, 0.5) is 5.69 Å². The molecule has 1 atom stereocenters. The molecule has 2 N–H and O–H groups in total. The van der Waals surface area contributed by atoms with Crippen LogP contribution in [0.5, 0.6) is 0 Å². The molecule has 3 heterocycles. The number of aromatic nitrogens is 4. The second-order valence-corrected chi connectivity index (χ2v) is 6.79. The summed E-state index contributed by atoms with van der Waals surface area (Å²) in [6.45, 7) is 0. The number of nitrogens with one attached hydrogen (secondary N) is 2. The summed E-state index contributed by atoms with van der Waals surface area (Å²) in [6, 6.07) is 6.80. The summed E-state index contributed by atoms with van der Waals surface area (Å²) < 4.78 is 1.58. The minimum Gasteiger partial charge on any atom is -0.325 e. The molecule has 0 radical (unpaired) electrons. The molecule has 1 amide bonds. The molecule has 3 aromatic rings.